The fraction of sp³-hybridized carbons (Fsp3) is 0. The van der Waals surface area contributed by atoms with Gasteiger partial charge in [-0.15, -0.1) is 0 Å². The molecule has 9 nitrogen and oxygen atoms in total. The van der Waals surface area contributed by atoms with Crippen LogP contribution in [0.25, 0.3) is 112 Å². The molecule has 0 aliphatic heterocycles. The average Bonchev–Trinajstić information content (AvgIpc) is 3.87. The first-order valence-corrected chi connectivity index (χ1v) is 20.4. The summed E-state index contributed by atoms with van der Waals surface area (Å²) in [6.45, 7) is 0. The van der Waals surface area contributed by atoms with Gasteiger partial charge in [-0.25, -0.2) is 0 Å². The van der Waals surface area contributed by atoms with Crippen LogP contribution in [0.5, 0.6) is 0 Å². The molecule has 62 heavy (non-hydrogen) atoms. The molecule has 7 aromatic heterocycles. The van der Waals surface area contributed by atoms with Gasteiger partial charge < -0.3 is 0 Å². The summed E-state index contributed by atoms with van der Waals surface area (Å²) >= 11 is 0. The molecule has 0 aliphatic carbocycles. The van der Waals surface area contributed by atoms with E-state index in [1.807, 2.05) is 104 Å². The summed E-state index contributed by atoms with van der Waals surface area (Å²) in [4.78, 5) is 35.0. The van der Waals surface area contributed by atoms with Gasteiger partial charge in [0.25, 0.3) is 0 Å². The largest absolute Gasteiger partial charge is 0.276 e. The lowest BCUT2D eigenvalue weighted by Crippen LogP contribution is -2.10. The summed E-state index contributed by atoms with van der Waals surface area (Å²) < 4.78 is 4.20. The second kappa shape index (κ2) is 14.5. The Labute approximate surface area is 355 Å². The Morgan fingerprint density at radius 2 is 0.758 bits per heavy atom. The lowest BCUT2D eigenvalue weighted by atomic mass is 9.96. The number of benzene rings is 5. The van der Waals surface area contributed by atoms with Crippen LogP contribution in [0.15, 0.2) is 201 Å². The van der Waals surface area contributed by atoms with Crippen LogP contribution in [0.3, 0.4) is 0 Å². The monoisotopic (exact) mass is 795 g/mol. The van der Waals surface area contributed by atoms with Crippen LogP contribution >= 0.6 is 0 Å². The van der Waals surface area contributed by atoms with Gasteiger partial charge in [-0.05, 0) is 95.1 Å². The zero-order valence-corrected chi connectivity index (χ0v) is 33.1. The van der Waals surface area contributed by atoms with E-state index in [4.69, 9.17) is 24.9 Å². The first kappa shape index (κ1) is 35.3. The number of rotatable bonds is 7. The van der Waals surface area contributed by atoms with Gasteiger partial charge in [0.05, 0.1) is 44.5 Å². The van der Waals surface area contributed by atoms with Crippen molar-refractivity contribution >= 4 is 43.9 Å². The van der Waals surface area contributed by atoms with E-state index in [1.165, 1.54) is 0 Å². The van der Waals surface area contributed by atoms with E-state index in [9.17, 15) is 0 Å². The van der Waals surface area contributed by atoms with Crippen molar-refractivity contribution in [2.24, 2.45) is 0 Å². The average molecular weight is 796 g/mol. The lowest BCUT2D eigenvalue weighted by molar-refractivity contribution is 0.892. The summed E-state index contributed by atoms with van der Waals surface area (Å²) in [5.41, 5.74) is 14.4. The highest BCUT2D eigenvalue weighted by atomic mass is 15.3. The summed E-state index contributed by atoms with van der Waals surface area (Å²) in [5, 5.41) is 1.97. The molecule has 290 valence electrons. The smallest absolute Gasteiger partial charge is 0.240 e. The van der Waals surface area contributed by atoms with E-state index in [0.29, 0.717) is 17.7 Å². The van der Waals surface area contributed by atoms with E-state index in [0.717, 1.165) is 94.2 Å². The molecular weight excluding hydrogens is 763 g/mol. The maximum absolute atomic E-state index is 5.34. The van der Waals surface area contributed by atoms with Gasteiger partial charge in [0.15, 0.2) is 5.82 Å². The van der Waals surface area contributed by atoms with Crippen molar-refractivity contribution in [3.05, 3.63) is 201 Å². The maximum atomic E-state index is 5.34. The zero-order valence-electron chi connectivity index (χ0n) is 33.1. The number of nitrogens with zero attached hydrogens (tertiary/aromatic N) is 9. The Morgan fingerprint density at radius 1 is 0.306 bits per heavy atom. The molecule has 0 amide bonds. The molecule has 0 N–H and O–H groups in total. The molecule has 9 heteroatoms. The van der Waals surface area contributed by atoms with E-state index in [2.05, 4.69) is 116 Å². The molecule has 7 heterocycles. The van der Waals surface area contributed by atoms with Crippen LogP contribution in [0.4, 0.5) is 0 Å². The first-order chi connectivity index (χ1) is 30.8. The Balaban J connectivity index is 1.08. The third-order valence-corrected chi connectivity index (χ3v) is 11.4. The first-order valence-electron chi connectivity index (χ1n) is 20.4. The zero-order chi connectivity index (χ0) is 41.0. The summed E-state index contributed by atoms with van der Waals surface area (Å²) in [7, 11) is 0. The topological polar surface area (TPSA) is 100 Å². The van der Waals surface area contributed by atoms with Crippen molar-refractivity contribution in [2.45, 2.75) is 0 Å². The molecule has 0 atom stereocenters. The van der Waals surface area contributed by atoms with Crippen LogP contribution in [0.1, 0.15) is 0 Å². The fourth-order valence-electron chi connectivity index (χ4n) is 8.67. The van der Waals surface area contributed by atoms with Crippen molar-refractivity contribution in [1.29, 1.82) is 0 Å². The fourth-order valence-corrected chi connectivity index (χ4v) is 8.67. The molecule has 0 radical (unpaired) electrons. The number of pyridine rings is 4. The molecule has 0 bridgehead atoms. The van der Waals surface area contributed by atoms with Gasteiger partial charge >= 0.3 is 0 Å². The Hall–Kier alpha value is -8.69. The molecular formula is C53H33N9. The van der Waals surface area contributed by atoms with Crippen molar-refractivity contribution < 1.29 is 0 Å². The van der Waals surface area contributed by atoms with E-state index in [-0.39, 0.29) is 0 Å². The van der Waals surface area contributed by atoms with Crippen LogP contribution in [-0.4, -0.2) is 44.0 Å². The quantitative estimate of drug-likeness (QED) is 0.158. The summed E-state index contributed by atoms with van der Waals surface area (Å²) in [6.07, 6.45) is 7.33. The molecule has 0 aliphatic rings. The van der Waals surface area contributed by atoms with Crippen LogP contribution in [-0.2, 0) is 0 Å². The van der Waals surface area contributed by atoms with Gasteiger partial charge in [0.1, 0.15) is 0 Å². The number of fused-ring (bicyclic) bond motifs is 6. The van der Waals surface area contributed by atoms with Crippen molar-refractivity contribution in [3.63, 3.8) is 0 Å². The summed E-state index contributed by atoms with van der Waals surface area (Å²) in [5.74, 6) is 1.50. The molecule has 5 aromatic carbocycles. The predicted octanol–water partition coefficient (Wildman–Crippen LogP) is 12.0. The van der Waals surface area contributed by atoms with Crippen molar-refractivity contribution in [2.75, 3.05) is 0 Å². The van der Waals surface area contributed by atoms with E-state index >= 15 is 0 Å². The van der Waals surface area contributed by atoms with Crippen LogP contribution in [0, 0.1) is 0 Å². The van der Waals surface area contributed by atoms with Crippen molar-refractivity contribution in [1.82, 2.24) is 44.0 Å². The van der Waals surface area contributed by atoms with E-state index < -0.39 is 0 Å². The maximum Gasteiger partial charge on any atom is 0.240 e. The minimum absolute atomic E-state index is 0.475. The van der Waals surface area contributed by atoms with Gasteiger partial charge in [-0.3, -0.25) is 29.1 Å². The number of aromatic nitrogens is 9. The molecule has 0 saturated heterocycles. The van der Waals surface area contributed by atoms with Gasteiger partial charge in [-0.1, -0.05) is 103 Å². The van der Waals surface area contributed by atoms with Crippen molar-refractivity contribution in [3.8, 4) is 68.1 Å². The molecule has 0 spiro atoms. The van der Waals surface area contributed by atoms with Crippen LogP contribution < -0.4 is 0 Å². The number of hydrogen-bond acceptors (Lipinski definition) is 7. The highest BCUT2D eigenvalue weighted by molar-refractivity contribution is 6.10. The second-order valence-corrected chi connectivity index (χ2v) is 15.0. The molecule has 12 aromatic rings. The minimum atomic E-state index is 0.475. The molecule has 12 rings (SSSR count). The normalized spacial score (nSPS) is 11.5. The lowest BCUT2D eigenvalue weighted by Gasteiger charge is -2.13. The van der Waals surface area contributed by atoms with E-state index in [1.54, 1.807) is 0 Å². The molecule has 0 fully saturated rings. The Kier molecular flexibility index (Phi) is 8.27. The molecule has 0 saturated carbocycles. The third-order valence-electron chi connectivity index (χ3n) is 11.4. The summed E-state index contributed by atoms with van der Waals surface area (Å²) in [6, 6.07) is 59.9. The minimum Gasteiger partial charge on any atom is -0.276 e. The highest BCUT2D eigenvalue weighted by Crippen LogP contribution is 2.39. The van der Waals surface area contributed by atoms with Crippen LogP contribution in [0.2, 0.25) is 0 Å². The molecule has 0 unspecified atom stereocenters. The standard InChI is InChI=1S/C53H33N9/c1-2-14-34(15-3-1)51-58-52(61-45-26-24-35(32-41(45)49-47(61)22-12-30-56-49)37-16-4-6-18-39(37)43-20-8-10-28-54-43)60-53(59-51)62-46-27-25-36(33-42(46)50-48(62)23-13-31-57-50)38-17-5-7-19-40(38)44-21-9-11-29-55-44/h1-33H. The predicted molar refractivity (Wildman–Crippen MR) is 247 cm³/mol. The van der Waals surface area contributed by atoms with Gasteiger partial charge in [0.2, 0.25) is 11.9 Å². The SMILES string of the molecule is c1ccc(-c2nc(-n3c4ccc(-c5ccccc5-c5ccccn5)cc4c4ncccc43)nc(-n3c4ccc(-c5ccccc5-c5ccccn5)cc4c4ncccc43)n2)cc1. The van der Waals surface area contributed by atoms with Gasteiger partial charge in [0, 0.05) is 52.3 Å². The third kappa shape index (κ3) is 5.83. The number of hydrogen-bond donors (Lipinski definition) is 0. The Bertz CT molecular complexity index is 3420. The van der Waals surface area contributed by atoms with Gasteiger partial charge in [-0.2, -0.15) is 15.0 Å². The second-order valence-electron chi connectivity index (χ2n) is 15.0. The Morgan fingerprint density at radius 3 is 1.24 bits per heavy atom. The highest BCUT2D eigenvalue weighted by Gasteiger charge is 2.23.